The number of halogens is 1. The Morgan fingerprint density at radius 1 is 1.15 bits per heavy atom. The summed E-state index contributed by atoms with van der Waals surface area (Å²) in [5, 5.41) is 4.14. The molecule has 1 saturated carbocycles. The van der Waals surface area contributed by atoms with Crippen LogP contribution in [0.15, 0.2) is 12.1 Å². The largest absolute Gasteiger partial charge is 0.493 e. The predicted octanol–water partition coefficient (Wildman–Crippen LogP) is 3.75. The van der Waals surface area contributed by atoms with Crippen molar-refractivity contribution in [2.24, 2.45) is 0 Å². The van der Waals surface area contributed by atoms with Crippen molar-refractivity contribution in [1.82, 2.24) is 5.32 Å². The van der Waals surface area contributed by atoms with Crippen LogP contribution in [-0.4, -0.2) is 26.3 Å². The number of rotatable bonds is 4. The quantitative estimate of drug-likeness (QED) is 0.918. The Kier molecular flexibility index (Phi) is 4.37. The van der Waals surface area contributed by atoms with E-state index in [0.29, 0.717) is 12.0 Å². The second kappa shape index (κ2) is 6.23. The van der Waals surface area contributed by atoms with Crippen molar-refractivity contribution >= 4 is 11.6 Å². The zero-order valence-corrected chi connectivity index (χ0v) is 12.7. The van der Waals surface area contributed by atoms with Gasteiger partial charge in [0, 0.05) is 16.7 Å². The fourth-order valence-corrected chi connectivity index (χ4v) is 3.17. The van der Waals surface area contributed by atoms with E-state index >= 15 is 0 Å². The molecule has 3 rings (SSSR count). The summed E-state index contributed by atoms with van der Waals surface area (Å²) >= 11 is 6.25. The molecule has 0 amide bonds. The average Bonchev–Trinajstić information content (AvgIpc) is 2.44. The van der Waals surface area contributed by atoms with Crippen LogP contribution in [-0.2, 0) is 0 Å². The summed E-state index contributed by atoms with van der Waals surface area (Å²) in [6.45, 7) is 2.12. The third-order valence-corrected chi connectivity index (χ3v) is 4.60. The molecule has 1 aromatic rings. The molecule has 0 unspecified atom stereocenters. The van der Waals surface area contributed by atoms with Crippen LogP contribution in [0.5, 0.6) is 11.5 Å². The Morgan fingerprint density at radius 2 is 1.90 bits per heavy atom. The lowest BCUT2D eigenvalue weighted by molar-refractivity contribution is 0.114. The van der Waals surface area contributed by atoms with Gasteiger partial charge < -0.3 is 14.8 Å². The van der Waals surface area contributed by atoms with E-state index in [1.165, 1.54) is 12.0 Å². The van der Waals surface area contributed by atoms with Crippen LogP contribution in [0, 0.1) is 0 Å². The Labute approximate surface area is 125 Å². The first-order valence-electron chi connectivity index (χ1n) is 7.52. The van der Waals surface area contributed by atoms with E-state index in [4.69, 9.17) is 21.1 Å². The second-order valence-corrected chi connectivity index (χ2v) is 6.16. The zero-order valence-electron chi connectivity index (χ0n) is 12.0. The van der Waals surface area contributed by atoms with E-state index in [0.717, 1.165) is 55.3 Å². The lowest BCUT2D eigenvalue weighted by atomic mass is 9.89. The lowest BCUT2D eigenvalue weighted by Gasteiger charge is -2.31. The van der Waals surface area contributed by atoms with Crippen molar-refractivity contribution < 1.29 is 9.47 Å². The molecule has 0 bridgehead atoms. The van der Waals surface area contributed by atoms with Gasteiger partial charge in [-0.05, 0) is 57.2 Å². The molecule has 2 fully saturated rings. The maximum absolute atomic E-state index is 6.25. The fourth-order valence-electron chi connectivity index (χ4n) is 2.96. The molecule has 0 radical (unpaired) electrons. The highest BCUT2D eigenvalue weighted by Gasteiger charge is 2.26. The fraction of sp³-hybridized carbons (Fsp3) is 0.625. The SMILES string of the molecule is COc1cc(Cl)cc(C2CCNCC2)c1OC1CCC1. The molecule has 4 heteroatoms. The minimum absolute atomic E-state index is 0.352. The number of hydrogen-bond donors (Lipinski definition) is 1. The van der Waals surface area contributed by atoms with E-state index < -0.39 is 0 Å². The molecular weight excluding hydrogens is 274 g/mol. The van der Waals surface area contributed by atoms with Gasteiger partial charge in [-0.3, -0.25) is 0 Å². The normalized spacial score (nSPS) is 20.5. The van der Waals surface area contributed by atoms with Gasteiger partial charge in [0.15, 0.2) is 11.5 Å². The molecule has 1 aliphatic carbocycles. The second-order valence-electron chi connectivity index (χ2n) is 5.72. The minimum atomic E-state index is 0.352. The molecule has 0 aromatic heterocycles. The van der Waals surface area contributed by atoms with E-state index in [-0.39, 0.29) is 0 Å². The summed E-state index contributed by atoms with van der Waals surface area (Å²) in [6, 6.07) is 3.92. The molecule has 110 valence electrons. The Balaban J connectivity index is 1.93. The van der Waals surface area contributed by atoms with Crippen LogP contribution >= 0.6 is 11.6 Å². The van der Waals surface area contributed by atoms with Crippen LogP contribution in [0.2, 0.25) is 5.02 Å². The Morgan fingerprint density at radius 3 is 2.50 bits per heavy atom. The molecule has 20 heavy (non-hydrogen) atoms. The summed E-state index contributed by atoms with van der Waals surface area (Å²) in [6.07, 6.45) is 6.18. The highest BCUT2D eigenvalue weighted by atomic mass is 35.5. The van der Waals surface area contributed by atoms with Gasteiger partial charge in [-0.2, -0.15) is 0 Å². The van der Waals surface area contributed by atoms with Crippen molar-refractivity contribution in [3.05, 3.63) is 22.7 Å². The molecule has 0 atom stereocenters. The molecule has 1 N–H and O–H groups in total. The highest BCUT2D eigenvalue weighted by Crippen LogP contribution is 2.43. The Hall–Kier alpha value is -0.930. The minimum Gasteiger partial charge on any atom is -0.493 e. The number of ether oxygens (including phenoxy) is 2. The summed E-state index contributed by atoms with van der Waals surface area (Å²) in [5.74, 6) is 2.21. The number of methoxy groups -OCH3 is 1. The molecule has 0 spiro atoms. The van der Waals surface area contributed by atoms with Gasteiger partial charge >= 0.3 is 0 Å². The topological polar surface area (TPSA) is 30.5 Å². The average molecular weight is 296 g/mol. The standard InChI is InChI=1S/C16H22ClNO2/c1-19-15-10-12(17)9-14(11-5-7-18-8-6-11)16(15)20-13-3-2-4-13/h9-11,13,18H,2-8H2,1H3. The first-order valence-corrected chi connectivity index (χ1v) is 7.90. The van der Waals surface area contributed by atoms with E-state index in [9.17, 15) is 0 Å². The van der Waals surface area contributed by atoms with Gasteiger partial charge in [0.25, 0.3) is 0 Å². The van der Waals surface area contributed by atoms with Crippen LogP contribution in [0.25, 0.3) is 0 Å². The molecule has 1 aliphatic heterocycles. The molecule has 2 aliphatic rings. The molecule has 3 nitrogen and oxygen atoms in total. The first kappa shape index (κ1) is 14.0. The monoisotopic (exact) mass is 295 g/mol. The van der Waals surface area contributed by atoms with Crippen molar-refractivity contribution in [2.45, 2.75) is 44.1 Å². The third-order valence-electron chi connectivity index (χ3n) is 4.38. The zero-order chi connectivity index (χ0) is 13.9. The predicted molar refractivity (Wildman–Crippen MR) is 81.1 cm³/mol. The molecular formula is C16H22ClNO2. The van der Waals surface area contributed by atoms with Crippen molar-refractivity contribution in [3.63, 3.8) is 0 Å². The molecule has 1 aromatic carbocycles. The lowest BCUT2D eigenvalue weighted by Crippen LogP contribution is -2.28. The number of piperidine rings is 1. The summed E-state index contributed by atoms with van der Waals surface area (Å²) in [7, 11) is 1.69. The number of nitrogens with one attached hydrogen (secondary N) is 1. The smallest absolute Gasteiger partial charge is 0.165 e. The van der Waals surface area contributed by atoms with Gasteiger partial charge in [-0.25, -0.2) is 0 Å². The van der Waals surface area contributed by atoms with Crippen molar-refractivity contribution in [3.8, 4) is 11.5 Å². The maximum Gasteiger partial charge on any atom is 0.165 e. The van der Waals surface area contributed by atoms with Crippen LogP contribution in [0.3, 0.4) is 0 Å². The Bertz CT molecular complexity index is 468. The van der Waals surface area contributed by atoms with E-state index in [1.807, 2.05) is 6.07 Å². The number of hydrogen-bond acceptors (Lipinski definition) is 3. The van der Waals surface area contributed by atoms with Gasteiger partial charge in [-0.15, -0.1) is 0 Å². The van der Waals surface area contributed by atoms with Gasteiger partial charge in [0.1, 0.15) is 0 Å². The summed E-state index contributed by atoms with van der Waals surface area (Å²) in [5.41, 5.74) is 1.22. The van der Waals surface area contributed by atoms with Crippen molar-refractivity contribution in [1.29, 1.82) is 0 Å². The van der Waals surface area contributed by atoms with Gasteiger partial charge in [0.05, 0.1) is 13.2 Å². The van der Waals surface area contributed by atoms with Gasteiger partial charge in [-0.1, -0.05) is 11.6 Å². The maximum atomic E-state index is 6.25. The van der Waals surface area contributed by atoms with Crippen molar-refractivity contribution in [2.75, 3.05) is 20.2 Å². The highest BCUT2D eigenvalue weighted by molar-refractivity contribution is 6.30. The summed E-state index contributed by atoms with van der Waals surface area (Å²) in [4.78, 5) is 0. The van der Waals surface area contributed by atoms with Crippen LogP contribution < -0.4 is 14.8 Å². The van der Waals surface area contributed by atoms with Gasteiger partial charge in [0.2, 0.25) is 0 Å². The number of benzene rings is 1. The molecule has 1 saturated heterocycles. The first-order chi connectivity index (χ1) is 9.78. The van der Waals surface area contributed by atoms with Crippen LogP contribution in [0.1, 0.15) is 43.6 Å². The van der Waals surface area contributed by atoms with Crippen LogP contribution in [0.4, 0.5) is 0 Å². The van der Waals surface area contributed by atoms with E-state index in [2.05, 4.69) is 11.4 Å². The van der Waals surface area contributed by atoms with E-state index in [1.54, 1.807) is 7.11 Å². The third kappa shape index (κ3) is 2.89. The molecule has 1 heterocycles. The summed E-state index contributed by atoms with van der Waals surface area (Å²) < 4.78 is 11.7.